The Labute approximate surface area is 128 Å². The van der Waals surface area contributed by atoms with Gasteiger partial charge in [-0.1, -0.05) is 63.2 Å². The second-order valence-corrected chi connectivity index (χ2v) is 7.03. The molecule has 2 aromatic carbocycles. The summed E-state index contributed by atoms with van der Waals surface area (Å²) in [7, 11) is 0. The zero-order valence-corrected chi connectivity index (χ0v) is 13.6. The van der Waals surface area contributed by atoms with Crippen LogP contribution < -0.4 is 5.06 Å². The van der Waals surface area contributed by atoms with Crippen molar-refractivity contribution in [1.82, 2.24) is 0 Å². The average Bonchev–Trinajstić information content (AvgIpc) is 2.46. The van der Waals surface area contributed by atoms with Gasteiger partial charge < -0.3 is 0 Å². The van der Waals surface area contributed by atoms with E-state index in [1.807, 2.05) is 56.3 Å². The number of hydrogen-bond acceptors (Lipinski definition) is 2. The summed E-state index contributed by atoms with van der Waals surface area (Å²) in [5, 5.41) is 12.0. The van der Waals surface area contributed by atoms with Gasteiger partial charge in [-0.15, -0.1) is 0 Å². The molecule has 0 aliphatic rings. The summed E-state index contributed by atoms with van der Waals surface area (Å²) in [5.74, 6) is 0. The van der Waals surface area contributed by atoms with Crippen LogP contribution in [0.5, 0.6) is 0 Å². The van der Waals surface area contributed by atoms with Crippen molar-refractivity contribution in [3.63, 3.8) is 0 Å². The van der Waals surface area contributed by atoms with Gasteiger partial charge >= 0.3 is 0 Å². The van der Waals surface area contributed by atoms with Crippen molar-refractivity contribution in [2.75, 3.05) is 5.06 Å². The fourth-order valence-corrected chi connectivity index (χ4v) is 2.39. The average molecular weight is 283 g/mol. The lowest BCUT2D eigenvalue weighted by molar-refractivity contribution is 0.170. The number of anilines is 1. The molecule has 0 amide bonds. The van der Waals surface area contributed by atoms with Crippen molar-refractivity contribution in [2.24, 2.45) is 0 Å². The molecule has 0 aliphatic heterocycles. The van der Waals surface area contributed by atoms with Crippen molar-refractivity contribution < 1.29 is 5.21 Å². The van der Waals surface area contributed by atoms with Gasteiger partial charge in [0.1, 0.15) is 0 Å². The zero-order valence-electron chi connectivity index (χ0n) is 13.6. The van der Waals surface area contributed by atoms with Gasteiger partial charge in [0.15, 0.2) is 0 Å². The monoisotopic (exact) mass is 283 g/mol. The molecule has 0 saturated carbocycles. The molecule has 0 fully saturated rings. The quantitative estimate of drug-likeness (QED) is 0.791. The minimum atomic E-state index is -0.482. The van der Waals surface area contributed by atoms with E-state index in [4.69, 9.17) is 0 Å². The second-order valence-electron chi connectivity index (χ2n) is 7.03. The number of rotatable bonds is 3. The van der Waals surface area contributed by atoms with E-state index < -0.39 is 5.54 Å². The second kappa shape index (κ2) is 5.53. The maximum atomic E-state index is 10.6. The molecule has 0 heterocycles. The largest absolute Gasteiger partial charge is 0.288 e. The Bertz CT molecular complexity index is 579. The summed E-state index contributed by atoms with van der Waals surface area (Å²) < 4.78 is 0. The standard InChI is InChI=1S/C19H25NO/c1-18(2,3)15-11-13-17(14-12-15)20(21)19(4,5)16-9-7-6-8-10-16/h6-14,21H,1-5H3. The summed E-state index contributed by atoms with van der Waals surface area (Å²) in [6, 6.07) is 18.2. The molecule has 0 radical (unpaired) electrons. The lowest BCUT2D eigenvalue weighted by atomic mass is 9.87. The van der Waals surface area contributed by atoms with E-state index in [9.17, 15) is 5.21 Å². The first kappa shape index (κ1) is 15.6. The third-order valence-electron chi connectivity index (χ3n) is 3.99. The number of nitrogens with zero attached hydrogens (tertiary/aromatic N) is 1. The van der Waals surface area contributed by atoms with Crippen LogP contribution in [0.1, 0.15) is 45.7 Å². The molecule has 0 atom stereocenters. The summed E-state index contributed by atoms with van der Waals surface area (Å²) in [6.45, 7) is 10.6. The Kier molecular flexibility index (Phi) is 4.11. The molecule has 21 heavy (non-hydrogen) atoms. The molecule has 2 rings (SSSR count). The van der Waals surface area contributed by atoms with Gasteiger partial charge in [0, 0.05) is 0 Å². The lowest BCUT2D eigenvalue weighted by Crippen LogP contribution is -2.39. The summed E-state index contributed by atoms with van der Waals surface area (Å²) >= 11 is 0. The number of hydrogen-bond donors (Lipinski definition) is 1. The minimum absolute atomic E-state index is 0.119. The number of hydroxylamine groups is 1. The molecule has 0 saturated heterocycles. The first-order valence-corrected chi connectivity index (χ1v) is 7.38. The maximum absolute atomic E-state index is 10.6. The normalized spacial score (nSPS) is 12.3. The van der Waals surface area contributed by atoms with Crippen molar-refractivity contribution in [1.29, 1.82) is 0 Å². The van der Waals surface area contributed by atoms with E-state index in [1.54, 1.807) is 0 Å². The van der Waals surface area contributed by atoms with Crippen molar-refractivity contribution in [3.8, 4) is 0 Å². The maximum Gasteiger partial charge on any atom is 0.0863 e. The van der Waals surface area contributed by atoms with Crippen molar-refractivity contribution >= 4 is 5.69 Å². The summed E-state index contributed by atoms with van der Waals surface area (Å²) in [5.41, 5.74) is 2.78. The highest BCUT2D eigenvalue weighted by molar-refractivity contribution is 5.49. The third kappa shape index (κ3) is 3.27. The Balaban J connectivity index is 2.29. The molecular formula is C19H25NO. The molecule has 0 aliphatic carbocycles. The van der Waals surface area contributed by atoms with Crippen LogP contribution in [-0.2, 0) is 11.0 Å². The van der Waals surface area contributed by atoms with Gasteiger partial charge in [0.2, 0.25) is 0 Å². The highest BCUT2D eigenvalue weighted by atomic mass is 16.5. The van der Waals surface area contributed by atoms with Crippen LogP contribution in [-0.4, -0.2) is 5.21 Å². The van der Waals surface area contributed by atoms with Crippen LogP contribution in [0.25, 0.3) is 0 Å². The highest BCUT2D eigenvalue weighted by Gasteiger charge is 2.28. The van der Waals surface area contributed by atoms with Crippen LogP contribution >= 0.6 is 0 Å². The Morgan fingerprint density at radius 2 is 1.24 bits per heavy atom. The molecule has 112 valence electrons. The third-order valence-corrected chi connectivity index (χ3v) is 3.99. The molecule has 0 unspecified atom stereocenters. The molecule has 1 N–H and O–H groups in total. The van der Waals surface area contributed by atoms with E-state index >= 15 is 0 Å². The topological polar surface area (TPSA) is 23.5 Å². The molecule has 2 aromatic rings. The van der Waals surface area contributed by atoms with Crippen LogP contribution in [0.15, 0.2) is 54.6 Å². The Morgan fingerprint density at radius 3 is 1.71 bits per heavy atom. The predicted octanol–water partition coefficient (Wildman–Crippen LogP) is 5.12. The van der Waals surface area contributed by atoms with Gasteiger partial charge in [0.25, 0.3) is 0 Å². The lowest BCUT2D eigenvalue weighted by Gasteiger charge is -2.35. The molecule has 0 bridgehead atoms. The van der Waals surface area contributed by atoms with Gasteiger partial charge in [-0.05, 0) is 42.5 Å². The fourth-order valence-electron chi connectivity index (χ4n) is 2.39. The first-order valence-electron chi connectivity index (χ1n) is 7.38. The van der Waals surface area contributed by atoms with Crippen molar-refractivity contribution in [2.45, 2.75) is 45.6 Å². The SMILES string of the molecule is CC(C)(C)c1ccc(N(O)C(C)(C)c2ccccc2)cc1. The molecule has 2 nitrogen and oxygen atoms in total. The predicted molar refractivity (Wildman–Crippen MR) is 88.9 cm³/mol. The molecule has 2 heteroatoms. The van der Waals surface area contributed by atoms with E-state index in [1.165, 1.54) is 10.6 Å². The van der Waals surface area contributed by atoms with E-state index in [2.05, 4.69) is 32.9 Å². The van der Waals surface area contributed by atoms with Gasteiger partial charge in [-0.2, -0.15) is 0 Å². The van der Waals surface area contributed by atoms with E-state index in [0.717, 1.165) is 11.3 Å². The molecule has 0 spiro atoms. The zero-order chi connectivity index (χ0) is 15.7. The van der Waals surface area contributed by atoms with Crippen molar-refractivity contribution in [3.05, 3.63) is 65.7 Å². The van der Waals surface area contributed by atoms with E-state index in [0.29, 0.717) is 0 Å². The summed E-state index contributed by atoms with van der Waals surface area (Å²) in [4.78, 5) is 0. The highest BCUT2D eigenvalue weighted by Crippen LogP contribution is 2.32. The number of benzene rings is 2. The Morgan fingerprint density at radius 1 is 0.714 bits per heavy atom. The molecular weight excluding hydrogens is 258 g/mol. The van der Waals surface area contributed by atoms with Crippen LogP contribution in [0, 0.1) is 0 Å². The van der Waals surface area contributed by atoms with Gasteiger partial charge in [0.05, 0.1) is 11.2 Å². The Hall–Kier alpha value is -1.80. The van der Waals surface area contributed by atoms with Crippen LogP contribution in [0.2, 0.25) is 0 Å². The van der Waals surface area contributed by atoms with E-state index in [-0.39, 0.29) is 5.41 Å². The smallest absolute Gasteiger partial charge is 0.0863 e. The first-order chi connectivity index (χ1) is 9.73. The van der Waals surface area contributed by atoms with Gasteiger partial charge in [-0.25, -0.2) is 5.06 Å². The van der Waals surface area contributed by atoms with Crippen LogP contribution in [0.3, 0.4) is 0 Å². The summed E-state index contributed by atoms with van der Waals surface area (Å²) in [6.07, 6.45) is 0. The fraction of sp³-hybridized carbons (Fsp3) is 0.368. The van der Waals surface area contributed by atoms with Crippen LogP contribution in [0.4, 0.5) is 5.69 Å². The molecule has 0 aromatic heterocycles. The van der Waals surface area contributed by atoms with Gasteiger partial charge in [-0.3, -0.25) is 5.21 Å². The minimum Gasteiger partial charge on any atom is -0.288 e.